The number of carboxylic acid groups (broad SMARTS) is 1. The molecule has 15 nitrogen and oxygen atoms in total. The Morgan fingerprint density at radius 1 is 0.963 bits per heavy atom. The second-order valence-electron chi connectivity index (χ2n) is 12.9. The Kier molecular flexibility index (Phi) is 14.4. The van der Waals surface area contributed by atoms with Crippen molar-refractivity contribution in [3.8, 4) is 23.1 Å². The number of carboxylic acids is 1. The zero-order chi connectivity index (χ0) is 38.5. The van der Waals surface area contributed by atoms with E-state index in [1.807, 2.05) is 6.92 Å². The molecule has 0 aliphatic carbocycles. The van der Waals surface area contributed by atoms with Crippen molar-refractivity contribution < 1.29 is 29.5 Å². The zero-order valence-corrected chi connectivity index (χ0v) is 31.4. The topological polar surface area (TPSA) is 200 Å². The van der Waals surface area contributed by atoms with Crippen molar-refractivity contribution in [1.29, 1.82) is 0 Å². The number of aliphatic carboxylic acids is 1. The molecule has 2 heterocycles. The van der Waals surface area contributed by atoms with Gasteiger partial charge in [-0.1, -0.05) is 94.3 Å². The van der Waals surface area contributed by atoms with Crippen LogP contribution < -0.4 is 10.1 Å². The summed E-state index contributed by atoms with van der Waals surface area (Å²) in [7, 11) is 0. The van der Waals surface area contributed by atoms with E-state index in [2.05, 4.69) is 27.8 Å². The number of nitrogens with one attached hydrogen (secondary N) is 1. The van der Waals surface area contributed by atoms with Crippen LogP contribution in [0.4, 0.5) is 5.69 Å². The van der Waals surface area contributed by atoms with Gasteiger partial charge in [0.1, 0.15) is 11.5 Å². The highest BCUT2D eigenvalue weighted by molar-refractivity contribution is 7.98. The summed E-state index contributed by atoms with van der Waals surface area (Å²) in [5.74, 6) is -1.07. The summed E-state index contributed by atoms with van der Waals surface area (Å²) >= 11 is 1.42. The first kappa shape index (κ1) is 39.7. The number of aromatic nitrogens is 6. The van der Waals surface area contributed by atoms with E-state index >= 15 is 0 Å². The number of aromatic hydroxyl groups is 1. The summed E-state index contributed by atoms with van der Waals surface area (Å²) in [4.78, 5) is 35.4. The maximum absolute atomic E-state index is 13.3. The average Bonchev–Trinajstić information content (AvgIpc) is 3.77. The smallest absolute Gasteiger partial charge is 0.305 e. The highest BCUT2D eigenvalue weighted by atomic mass is 32.2. The van der Waals surface area contributed by atoms with Gasteiger partial charge in [-0.2, -0.15) is 5.10 Å². The third kappa shape index (κ3) is 10.1. The molecule has 286 valence electrons. The van der Waals surface area contributed by atoms with Crippen LogP contribution in [0.2, 0.25) is 0 Å². The third-order valence-corrected chi connectivity index (χ3v) is 10.0. The SMILES string of the molecule is CCCCCCCCCCCc1nn(-c2ccc([N+](=O)[O-])cc2)c(Oc2cc(C(=O)NCCC(=O)O)c(O)c3ccccc23)c1CSc1nnnn1CC. The van der Waals surface area contributed by atoms with Crippen molar-refractivity contribution in [2.24, 2.45) is 0 Å². The molecule has 1 amide bonds. The van der Waals surface area contributed by atoms with Crippen LogP contribution in [0, 0.1) is 10.1 Å². The van der Waals surface area contributed by atoms with Crippen LogP contribution in [0.1, 0.15) is 99.7 Å². The molecule has 0 aliphatic heterocycles. The fourth-order valence-corrected chi connectivity index (χ4v) is 7.10. The van der Waals surface area contributed by atoms with Crippen LogP contribution >= 0.6 is 11.8 Å². The second kappa shape index (κ2) is 19.5. The minimum absolute atomic E-state index is 0.0754. The quantitative estimate of drug-likeness (QED) is 0.0266. The first-order valence-corrected chi connectivity index (χ1v) is 19.4. The summed E-state index contributed by atoms with van der Waals surface area (Å²) in [5, 5.41) is 53.0. The molecule has 3 N–H and O–H groups in total. The lowest BCUT2D eigenvalue weighted by Gasteiger charge is -2.16. The van der Waals surface area contributed by atoms with E-state index < -0.39 is 16.8 Å². The van der Waals surface area contributed by atoms with Crippen molar-refractivity contribution in [1.82, 2.24) is 35.3 Å². The first-order valence-electron chi connectivity index (χ1n) is 18.4. The minimum Gasteiger partial charge on any atom is -0.506 e. The number of hydrogen-bond donors (Lipinski definition) is 3. The number of phenolic OH excluding ortho intramolecular Hbond substituents is 1. The standard InChI is InChI=1S/C38H46N8O7S/c1-3-5-6-7-8-9-10-11-12-17-32-31(25-54-38-40-42-43-44(38)4-2)37(45(41-32)26-18-20-27(21-19-26)46(51)52)53-33-24-30(36(50)39-23-22-34(47)48)35(49)29-16-14-13-15-28(29)33/h13-16,18-21,24,49H,3-12,17,22-23,25H2,1-2H3,(H,39,50)(H,47,48). The Balaban J connectivity index is 1.56. The third-order valence-electron chi connectivity index (χ3n) is 9.04. The van der Waals surface area contributed by atoms with E-state index in [1.54, 1.807) is 45.8 Å². The molecule has 5 rings (SSSR count). The van der Waals surface area contributed by atoms with Crippen molar-refractivity contribution in [2.45, 2.75) is 102 Å². The summed E-state index contributed by atoms with van der Waals surface area (Å²) in [6, 6.07) is 14.4. The molecule has 16 heteroatoms. The van der Waals surface area contributed by atoms with Gasteiger partial charge in [-0.3, -0.25) is 19.7 Å². The number of thioether (sulfide) groups is 1. The number of nitro groups is 1. The molecular weight excluding hydrogens is 713 g/mol. The average molecular weight is 759 g/mol. The lowest BCUT2D eigenvalue weighted by molar-refractivity contribution is -0.384. The maximum Gasteiger partial charge on any atom is 0.305 e. The monoisotopic (exact) mass is 758 g/mol. The number of unbranched alkanes of at least 4 members (excludes halogenated alkanes) is 8. The second-order valence-corrected chi connectivity index (χ2v) is 13.8. The van der Waals surface area contributed by atoms with E-state index in [1.165, 1.54) is 68.5 Å². The molecule has 5 aromatic rings. The van der Waals surface area contributed by atoms with Crippen molar-refractivity contribution >= 4 is 40.1 Å². The highest BCUT2D eigenvalue weighted by Crippen LogP contribution is 2.41. The fraction of sp³-hybridized carbons (Fsp3) is 0.421. The number of nitro benzene ring substituents is 1. The van der Waals surface area contributed by atoms with Crippen LogP contribution in [0.5, 0.6) is 17.4 Å². The summed E-state index contributed by atoms with van der Waals surface area (Å²) < 4.78 is 10.1. The number of carbonyl (C=O) groups is 2. The zero-order valence-electron chi connectivity index (χ0n) is 30.6. The number of amides is 1. The molecule has 0 atom stereocenters. The van der Waals surface area contributed by atoms with Gasteiger partial charge in [-0.05, 0) is 48.4 Å². The van der Waals surface area contributed by atoms with Crippen molar-refractivity contribution in [3.05, 3.63) is 81.5 Å². The van der Waals surface area contributed by atoms with Crippen molar-refractivity contribution in [3.63, 3.8) is 0 Å². The Morgan fingerprint density at radius 2 is 1.65 bits per heavy atom. The van der Waals surface area contributed by atoms with Gasteiger partial charge in [0.25, 0.3) is 11.6 Å². The van der Waals surface area contributed by atoms with Gasteiger partial charge >= 0.3 is 5.97 Å². The normalized spacial score (nSPS) is 11.2. The number of fused-ring (bicyclic) bond motifs is 1. The molecular formula is C38H46N8O7S. The first-order chi connectivity index (χ1) is 26.2. The summed E-state index contributed by atoms with van der Waals surface area (Å²) in [6.07, 6.45) is 10.8. The van der Waals surface area contributed by atoms with E-state index in [4.69, 9.17) is 14.9 Å². The molecule has 0 unspecified atom stereocenters. The Hall–Kier alpha value is -5.51. The van der Waals surface area contributed by atoms with Crippen molar-refractivity contribution in [2.75, 3.05) is 6.54 Å². The number of hydrogen-bond acceptors (Lipinski definition) is 11. The van der Waals surface area contributed by atoms with Gasteiger partial charge < -0.3 is 20.3 Å². The number of carbonyl (C=O) groups excluding carboxylic acids is 1. The summed E-state index contributed by atoms with van der Waals surface area (Å²) in [6.45, 7) is 4.60. The number of ether oxygens (including phenoxy) is 1. The molecule has 0 saturated carbocycles. The maximum atomic E-state index is 13.3. The number of aryl methyl sites for hydroxylation is 2. The number of nitrogens with zero attached hydrogens (tertiary/aromatic N) is 7. The number of phenols is 1. The number of non-ortho nitro benzene ring substituents is 1. The van der Waals surface area contributed by atoms with E-state index in [-0.39, 0.29) is 35.7 Å². The lowest BCUT2D eigenvalue weighted by atomic mass is 10.0. The number of rotatable bonds is 22. The molecule has 3 aromatic carbocycles. The predicted octanol–water partition coefficient (Wildman–Crippen LogP) is 8.01. The van der Waals surface area contributed by atoms with Gasteiger partial charge in [0.2, 0.25) is 11.0 Å². The van der Waals surface area contributed by atoms with Gasteiger partial charge in [0.05, 0.1) is 28.3 Å². The van der Waals surface area contributed by atoms with Crippen LogP contribution in [-0.2, 0) is 23.5 Å². The molecule has 0 bridgehead atoms. The van der Waals surface area contributed by atoms with E-state index in [0.717, 1.165) is 30.5 Å². The highest BCUT2D eigenvalue weighted by Gasteiger charge is 2.25. The molecule has 0 spiro atoms. The van der Waals surface area contributed by atoms with Crippen LogP contribution in [0.25, 0.3) is 16.5 Å². The van der Waals surface area contributed by atoms with Gasteiger partial charge in [-0.25, -0.2) is 9.36 Å². The van der Waals surface area contributed by atoms with E-state index in [9.17, 15) is 24.8 Å². The van der Waals surface area contributed by atoms with Gasteiger partial charge in [-0.15, -0.1) is 5.10 Å². The molecule has 0 radical (unpaired) electrons. The lowest BCUT2D eigenvalue weighted by Crippen LogP contribution is -2.26. The van der Waals surface area contributed by atoms with E-state index in [0.29, 0.717) is 46.2 Å². The van der Waals surface area contributed by atoms with Gasteiger partial charge in [0.15, 0.2) is 0 Å². The Bertz CT molecular complexity index is 2050. The number of benzene rings is 3. The minimum atomic E-state index is -1.07. The molecule has 0 saturated heterocycles. The predicted molar refractivity (Wildman–Crippen MR) is 204 cm³/mol. The molecule has 54 heavy (non-hydrogen) atoms. The Morgan fingerprint density at radius 3 is 2.31 bits per heavy atom. The van der Waals surface area contributed by atoms with Crippen LogP contribution in [0.15, 0.2) is 59.8 Å². The summed E-state index contributed by atoms with van der Waals surface area (Å²) in [5.41, 5.74) is 1.89. The fourth-order valence-electron chi connectivity index (χ4n) is 6.12. The largest absolute Gasteiger partial charge is 0.506 e. The van der Waals surface area contributed by atoms with Crippen LogP contribution in [-0.4, -0.2) is 63.5 Å². The molecule has 2 aromatic heterocycles. The Labute approximate surface area is 317 Å². The van der Waals surface area contributed by atoms with Crippen LogP contribution in [0.3, 0.4) is 0 Å². The van der Waals surface area contributed by atoms with Gasteiger partial charge in [0, 0.05) is 47.3 Å². The number of tetrazole rings is 1. The molecule has 0 aliphatic rings. The molecule has 0 fully saturated rings.